The van der Waals surface area contributed by atoms with Gasteiger partial charge in [0, 0.05) is 3.57 Å². The minimum atomic E-state index is -4.30. The molecule has 0 bridgehead atoms. The predicted octanol–water partition coefficient (Wildman–Crippen LogP) is 1.11. The minimum Gasteiger partial charge on any atom is -0.387 e. The molecule has 1 aromatic rings. The van der Waals surface area contributed by atoms with Gasteiger partial charge >= 0.3 is 10.3 Å². The van der Waals surface area contributed by atoms with E-state index in [0.29, 0.717) is 5.56 Å². The van der Waals surface area contributed by atoms with Crippen LogP contribution in [0.5, 0.6) is 0 Å². The highest BCUT2D eigenvalue weighted by molar-refractivity contribution is 14.1. The maximum atomic E-state index is 10.6. The Morgan fingerprint density at radius 3 is 2.44 bits per heavy atom. The fourth-order valence-electron chi connectivity index (χ4n) is 1.28. The lowest BCUT2D eigenvalue weighted by atomic mass is 10.0. The Morgan fingerprint density at radius 2 is 1.94 bits per heavy atom. The zero-order valence-corrected chi connectivity index (χ0v) is 11.4. The predicted molar refractivity (Wildman–Crippen MR) is 68.3 cm³/mol. The number of rotatable bonds is 4. The van der Waals surface area contributed by atoms with Gasteiger partial charge in [0.1, 0.15) is 0 Å². The van der Waals surface area contributed by atoms with Crippen LogP contribution in [0.2, 0.25) is 0 Å². The van der Waals surface area contributed by atoms with Crippen LogP contribution in [0.1, 0.15) is 18.6 Å². The first-order valence-electron chi connectivity index (χ1n) is 4.48. The molecule has 7 heteroatoms. The van der Waals surface area contributed by atoms with Gasteiger partial charge < -0.3 is 5.11 Å². The molecule has 0 saturated carbocycles. The summed E-state index contributed by atoms with van der Waals surface area (Å²) < 4.78 is 32.5. The maximum Gasteiger partial charge on any atom is 0.333 e. The van der Waals surface area contributed by atoms with E-state index in [1.807, 2.05) is 33.4 Å². The molecule has 16 heavy (non-hydrogen) atoms. The molecule has 0 radical (unpaired) electrons. The average molecular weight is 357 g/mol. The first kappa shape index (κ1) is 13.8. The van der Waals surface area contributed by atoms with Crippen molar-refractivity contribution in [3.05, 3.63) is 33.4 Å². The average Bonchev–Trinajstić information content (AvgIpc) is 2.15. The van der Waals surface area contributed by atoms with E-state index in [9.17, 15) is 13.5 Å². The van der Waals surface area contributed by atoms with Crippen molar-refractivity contribution in [1.29, 1.82) is 0 Å². The number of hydrogen-bond donors (Lipinski definition) is 3. The lowest BCUT2D eigenvalue weighted by Gasteiger charge is -2.19. The topological polar surface area (TPSA) is 86.6 Å². The van der Waals surface area contributed by atoms with E-state index in [1.165, 1.54) is 6.92 Å². The summed E-state index contributed by atoms with van der Waals surface area (Å²) in [4.78, 5) is 0. The Balaban J connectivity index is 2.86. The van der Waals surface area contributed by atoms with E-state index >= 15 is 0 Å². The summed E-state index contributed by atoms with van der Waals surface area (Å²) in [7, 11) is -4.30. The van der Waals surface area contributed by atoms with Gasteiger partial charge in [-0.1, -0.05) is 18.2 Å². The van der Waals surface area contributed by atoms with E-state index in [2.05, 4.69) is 0 Å². The molecule has 0 aliphatic heterocycles. The molecule has 0 saturated heterocycles. The number of halogens is 1. The van der Waals surface area contributed by atoms with Crippen LogP contribution >= 0.6 is 22.6 Å². The van der Waals surface area contributed by atoms with E-state index < -0.39 is 22.4 Å². The van der Waals surface area contributed by atoms with Crippen molar-refractivity contribution < 1.29 is 18.1 Å². The first-order valence-corrected chi connectivity index (χ1v) is 7.00. The minimum absolute atomic E-state index is 0.617. The number of aliphatic hydroxyl groups excluding tert-OH is 1. The highest BCUT2D eigenvalue weighted by Crippen LogP contribution is 2.22. The van der Waals surface area contributed by atoms with Gasteiger partial charge in [0.2, 0.25) is 0 Å². The lowest BCUT2D eigenvalue weighted by molar-refractivity contribution is 0.144. The fourth-order valence-corrected chi connectivity index (χ4v) is 2.59. The summed E-state index contributed by atoms with van der Waals surface area (Å²) in [6.07, 6.45) is -1.00. The van der Waals surface area contributed by atoms with E-state index in [-0.39, 0.29) is 0 Å². The highest BCUT2D eigenvalue weighted by atomic mass is 127. The van der Waals surface area contributed by atoms with E-state index in [4.69, 9.17) is 4.55 Å². The van der Waals surface area contributed by atoms with Crippen LogP contribution in [-0.2, 0) is 10.3 Å². The Labute approximate surface area is 108 Å². The number of benzene rings is 1. The molecular formula is C9H12INO4S. The SMILES string of the molecule is C[C@H](NS(=O)(=O)O)[C@@H](O)c1ccccc1I. The quantitative estimate of drug-likeness (QED) is 0.557. The Morgan fingerprint density at radius 1 is 1.38 bits per heavy atom. The van der Waals surface area contributed by atoms with Gasteiger partial charge in [-0.15, -0.1) is 0 Å². The largest absolute Gasteiger partial charge is 0.387 e. The number of aliphatic hydroxyl groups is 1. The highest BCUT2D eigenvalue weighted by Gasteiger charge is 2.21. The first-order chi connectivity index (χ1) is 7.31. The second-order valence-corrected chi connectivity index (χ2v) is 5.70. The Hall–Kier alpha value is -0.220. The molecule has 0 unspecified atom stereocenters. The Bertz CT molecular complexity index is 462. The maximum absolute atomic E-state index is 10.6. The Kier molecular flexibility index (Phi) is 4.68. The van der Waals surface area contributed by atoms with Gasteiger partial charge in [0.25, 0.3) is 0 Å². The molecule has 0 aliphatic carbocycles. The fraction of sp³-hybridized carbons (Fsp3) is 0.333. The smallest absolute Gasteiger partial charge is 0.333 e. The molecule has 0 amide bonds. The zero-order valence-electron chi connectivity index (χ0n) is 8.46. The van der Waals surface area contributed by atoms with Crippen molar-refractivity contribution in [2.45, 2.75) is 19.1 Å². The van der Waals surface area contributed by atoms with Crippen LogP contribution in [0, 0.1) is 3.57 Å². The molecule has 0 aliphatic rings. The summed E-state index contributed by atoms with van der Waals surface area (Å²) in [5, 5.41) is 9.89. The lowest BCUT2D eigenvalue weighted by Crippen LogP contribution is -2.36. The van der Waals surface area contributed by atoms with E-state index in [1.54, 1.807) is 18.2 Å². The van der Waals surface area contributed by atoms with Gasteiger partial charge in [0.05, 0.1) is 12.1 Å². The molecular weight excluding hydrogens is 345 g/mol. The standard InChI is InChI=1S/C9H12INO4S/c1-6(11-16(13,14)15)9(12)7-4-2-3-5-8(7)10/h2-6,9,11-12H,1H3,(H,13,14,15)/t6-,9+/m0/s1. The summed E-state index contributed by atoms with van der Waals surface area (Å²) in [6, 6.07) is 6.28. The van der Waals surface area contributed by atoms with Crippen LogP contribution in [0.4, 0.5) is 0 Å². The molecule has 3 N–H and O–H groups in total. The summed E-state index contributed by atoms with van der Waals surface area (Å²) >= 11 is 2.05. The van der Waals surface area contributed by atoms with Crippen molar-refractivity contribution in [1.82, 2.24) is 4.72 Å². The molecule has 0 fully saturated rings. The van der Waals surface area contributed by atoms with Crippen molar-refractivity contribution in [3.63, 3.8) is 0 Å². The van der Waals surface area contributed by atoms with E-state index in [0.717, 1.165) is 3.57 Å². The molecule has 0 heterocycles. The molecule has 1 rings (SSSR count). The van der Waals surface area contributed by atoms with Crippen LogP contribution in [0.3, 0.4) is 0 Å². The summed E-state index contributed by atoms with van der Waals surface area (Å²) in [5.41, 5.74) is 0.617. The molecule has 0 spiro atoms. The van der Waals surface area contributed by atoms with Gasteiger partial charge in [-0.05, 0) is 41.1 Å². The third-order valence-corrected chi connectivity index (χ3v) is 3.68. The second-order valence-electron chi connectivity index (χ2n) is 3.35. The molecule has 2 atom stereocenters. The van der Waals surface area contributed by atoms with Crippen LogP contribution in [0.25, 0.3) is 0 Å². The second kappa shape index (κ2) is 5.41. The molecule has 0 aromatic heterocycles. The van der Waals surface area contributed by atoms with Crippen molar-refractivity contribution in [2.24, 2.45) is 0 Å². The number of nitrogens with one attached hydrogen (secondary N) is 1. The van der Waals surface area contributed by atoms with Crippen molar-refractivity contribution in [2.75, 3.05) is 0 Å². The van der Waals surface area contributed by atoms with Gasteiger partial charge in [0.15, 0.2) is 0 Å². The third-order valence-electron chi connectivity index (χ3n) is 2.03. The summed E-state index contributed by atoms with van der Waals surface area (Å²) in [6.45, 7) is 1.47. The monoisotopic (exact) mass is 357 g/mol. The van der Waals surface area contributed by atoms with Crippen molar-refractivity contribution >= 4 is 32.9 Å². The third kappa shape index (κ3) is 3.98. The molecule has 1 aromatic carbocycles. The van der Waals surface area contributed by atoms with Crippen LogP contribution in [0.15, 0.2) is 24.3 Å². The summed E-state index contributed by atoms with van der Waals surface area (Å²) in [5.74, 6) is 0. The number of hydrogen-bond acceptors (Lipinski definition) is 3. The van der Waals surface area contributed by atoms with Crippen molar-refractivity contribution in [3.8, 4) is 0 Å². The van der Waals surface area contributed by atoms with Gasteiger partial charge in [-0.25, -0.2) is 0 Å². The zero-order chi connectivity index (χ0) is 12.3. The molecule has 90 valence electrons. The van der Waals surface area contributed by atoms with Crippen LogP contribution < -0.4 is 4.72 Å². The van der Waals surface area contributed by atoms with Gasteiger partial charge in [-0.3, -0.25) is 4.55 Å². The normalized spacial score (nSPS) is 15.8. The van der Waals surface area contributed by atoms with Crippen LogP contribution in [-0.4, -0.2) is 24.1 Å². The van der Waals surface area contributed by atoms with Gasteiger partial charge in [-0.2, -0.15) is 13.1 Å². The molecule has 5 nitrogen and oxygen atoms in total.